The number of nitrogen functional groups attached to an aromatic ring is 1. The Balaban J connectivity index is 2.84. The number of anilines is 1. The number of rotatable bonds is 3. The average molecular weight is 201 g/mol. The van der Waals surface area contributed by atoms with Crippen molar-refractivity contribution in [2.24, 2.45) is 0 Å². The van der Waals surface area contributed by atoms with Gasteiger partial charge in [0, 0.05) is 6.54 Å². The summed E-state index contributed by atoms with van der Waals surface area (Å²) in [6.45, 7) is 0.501. The Morgan fingerprint density at radius 3 is 2.85 bits per heavy atom. The third-order valence-corrected chi connectivity index (χ3v) is 2.15. The van der Waals surface area contributed by atoms with Crippen molar-refractivity contribution in [3.05, 3.63) is 28.8 Å². The Morgan fingerprint density at radius 2 is 2.31 bits per heavy atom. The first-order valence-corrected chi connectivity index (χ1v) is 4.40. The summed E-state index contributed by atoms with van der Waals surface area (Å²) in [5.41, 5.74) is 6.86. The van der Waals surface area contributed by atoms with E-state index >= 15 is 0 Å². The van der Waals surface area contributed by atoms with Crippen LogP contribution in [0.4, 0.5) is 5.69 Å². The van der Waals surface area contributed by atoms with Crippen LogP contribution >= 0.6 is 11.6 Å². The van der Waals surface area contributed by atoms with E-state index < -0.39 is 6.10 Å². The summed E-state index contributed by atoms with van der Waals surface area (Å²) in [6, 6.07) is 5.14. The maximum Gasteiger partial charge on any atom is 0.0915 e. The average Bonchev–Trinajstić information content (AvgIpc) is 2.10. The second-order valence-electron chi connectivity index (χ2n) is 2.85. The van der Waals surface area contributed by atoms with Gasteiger partial charge in [-0.05, 0) is 24.7 Å². The van der Waals surface area contributed by atoms with Crippen LogP contribution in [0.25, 0.3) is 0 Å². The Labute approximate surface area is 82.5 Å². The molecular weight excluding hydrogens is 188 g/mol. The Bertz CT molecular complexity index is 291. The minimum absolute atomic E-state index is 0.495. The lowest BCUT2D eigenvalue weighted by atomic mass is 10.1. The number of aliphatic hydroxyl groups is 1. The van der Waals surface area contributed by atoms with E-state index in [0.717, 1.165) is 5.56 Å². The minimum atomic E-state index is -0.537. The molecule has 1 unspecified atom stereocenters. The van der Waals surface area contributed by atoms with E-state index in [9.17, 15) is 5.11 Å². The predicted octanol–water partition coefficient (Wildman–Crippen LogP) is 1.18. The highest BCUT2D eigenvalue weighted by Gasteiger charge is 2.07. The first kappa shape index (κ1) is 10.3. The van der Waals surface area contributed by atoms with Gasteiger partial charge in [-0.3, -0.25) is 0 Å². The normalized spacial score (nSPS) is 12.8. The van der Waals surface area contributed by atoms with Crippen LogP contribution in [0.2, 0.25) is 5.02 Å². The topological polar surface area (TPSA) is 58.3 Å². The monoisotopic (exact) mass is 200 g/mol. The molecule has 0 aliphatic rings. The van der Waals surface area contributed by atoms with E-state index in [2.05, 4.69) is 5.32 Å². The molecule has 0 radical (unpaired) electrons. The summed E-state index contributed by atoms with van der Waals surface area (Å²) >= 11 is 5.74. The summed E-state index contributed by atoms with van der Waals surface area (Å²) in [4.78, 5) is 0. The molecule has 0 amide bonds. The molecule has 4 heteroatoms. The molecule has 1 aromatic carbocycles. The highest BCUT2D eigenvalue weighted by Crippen LogP contribution is 2.22. The van der Waals surface area contributed by atoms with Gasteiger partial charge in [0.2, 0.25) is 0 Å². The fourth-order valence-electron chi connectivity index (χ4n) is 1.08. The molecule has 0 bridgehead atoms. The number of likely N-dealkylation sites (N-methyl/N-ethyl adjacent to an activating group) is 1. The maximum absolute atomic E-state index is 9.57. The van der Waals surface area contributed by atoms with Crippen molar-refractivity contribution in [1.29, 1.82) is 0 Å². The summed E-state index contributed by atoms with van der Waals surface area (Å²) in [5, 5.41) is 13.0. The molecule has 13 heavy (non-hydrogen) atoms. The largest absolute Gasteiger partial charge is 0.398 e. The first-order valence-electron chi connectivity index (χ1n) is 4.02. The molecule has 1 atom stereocenters. The second-order valence-corrected chi connectivity index (χ2v) is 3.26. The van der Waals surface area contributed by atoms with Crippen molar-refractivity contribution in [1.82, 2.24) is 5.32 Å². The molecule has 1 rings (SSSR count). The molecule has 0 saturated carbocycles. The standard InChI is InChI=1S/C9H13ClN2O/c1-12-5-9(13)6-2-3-7(10)8(11)4-6/h2-4,9,12-13H,5,11H2,1H3. The fourth-order valence-corrected chi connectivity index (χ4v) is 1.20. The molecule has 1 aromatic rings. The van der Waals surface area contributed by atoms with Crippen molar-refractivity contribution in [2.75, 3.05) is 19.3 Å². The van der Waals surface area contributed by atoms with Crippen LogP contribution in [0.1, 0.15) is 11.7 Å². The van der Waals surface area contributed by atoms with Gasteiger partial charge in [-0.15, -0.1) is 0 Å². The van der Waals surface area contributed by atoms with E-state index in [1.165, 1.54) is 0 Å². The zero-order valence-electron chi connectivity index (χ0n) is 7.42. The molecule has 0 spiro atoms. The van der Waals surface area contributed by atoms with E-state index in [1.54, 1.807) is 25.2 Å². The van der Waals surface area contributed by atoms with Gasteiger partial charge in [-0.25, -0.2) is 0 Å². The Hall–Kier alpha value is -0.770. The fraction of sp³-hybridized carbons (Fsp3) is 0.333. The van der Waals surface area contributed by atoms with Gasteiger partial charge in [-0.1, -0.05) is 17.7 Å². The SMILES string of the molecule is CNCC(O)c1ccc(Cl)c(N)c1. The van der Waals surface area contributed by atoms with Crippen LogP contribution in [-0.2, 0) is 0 Å². The number of hydrogen-bond acceptors (Lipinski definition) is 3. The number of halogens is 1. The second kappa shape index (κ2) is 4.46. The number of hydrogen-bond donors (Lipinski definition) is 3. The smallest absolute Gasteiger partial charge is 0.0915 e. The Morgan fingerprint density at radius 1 is 1.62 bits per heavy atom. The molecule has 72 valence electrons. The van der Waals surface area contributed by atoms with Gasteiger partial charge in [0.1, 0.15) is 0 Å². The lowest BCUT2D eigenvalue weighted by Crippen LogP contribution is -2.16. The van der Waals surface area contributed by atoms with Crippen molar-refractivity contribution < 1.29 is 5.11 Å². The third-order valence-electron chi connectivity index (χ3n) is 1.80. The van der Waals surface area contributed by atoms with Crippen LogP contribution in [0.3, 0.4) is 0 Å². The van der Waals surface area contributed by atoms with Crippen molar-refractivity contribution in [3.63, 3.8) is 0 Å². The van der Waals surface area contributed by atoms with Crippen molar-refractivity contribution in [3.8, 4) is 0 Å². The molecule has 0 aliphatic carbocycles. The molecule has 3 nitrogen and oxygen atoms in total. The minimum Gasteiger partial charge on any atom is -0.398 e. The van der Waals surface area contributed by atoms with E-state index in [0.29, 0.717) is 17.3 Å². The van der Waals surface area contributed by atoms with Crippen molar-refractivity contribution in [2.45, 2.75) is 6.10 Å². The van der Waals surface area contributed by atoms with Gasteiger partial charge in [0.15, 0.2) is 0 Å². The van der Waals surface area contributed by atoms with Gasteiger partial charge in [0.05, 0.1) is 16.8 Å². The van der Waals surface area contributed by atoms with E-state index in [1.807, 2.05) is 0 Å². The zero-order valence-corrected chi connectivity index (χ0v) is 8.17. The highest BCUT2D eigenvalue weighted by atomic mass is 35.5. The maximum atomic E-state index is 9.57. The Kier molecular flexibility index (Phi) is 3.54. The van der Waals surface area contributed by atoms with Crippen LogP contribution < -0.4 is 11.1 Å². The zero-order chi connectivity index (χ0) is 9.84. The summed E-state index contributed by atoms with van der Waals surface area (Å²) in [6.07, 6.45) is -0.537. The summed E-state index contributed by atoms with van der Waals surface area (Å²) in [5.74, 6) is 0. The third kappa shape index (κ3) is 2.59. The number of nitrogens with one attached hydrogen (secondary N) is 1. The predicted molar refractivity (Wildman–Crippen MR) is 54.8 cm³/mol. The molecule has 0 heterocycles. The lowest BCUT2D eigenvalue weighted by Gasteiger charge is -2.11. The molecular formula is C9H13ClN2O. The van der Waals surface area contributed by atoms with Gasteiger partial charge in [0.25, 0.3) is 0 Å². The van der Waals surface area contributed by atoms with Gasteiger partial charge in [-0.2, -0.15) is 0 Å². The van der Waals surface area contributed by atoms with Crippen LogP contribution in [0, 0.1) is 0 Å². The lowest BCUT2D eigenvalue weighted by molar-refractivity contribution is 0.178. The summed E-state index contributed by atoms with van der Waals surface area (Å²) < 4.78 is 0. The van der Waals surface area contributed by atoms with Crippen LogP contribution in [-0.4, -0.2) is 18.7 Å². The molecule has 4 N–H and O–H groups in total. The van der Waals surface area contributed by atoms with Crippen molar-refractivity contribution >= 4 is 17.3 Å². The van der Waals surface area contributed by atoms with E-state index in [-0.39, 0.29) is 0 Å². The van der Waals surface area contributed by atoms with Gasteiger partial charge < -0.3 is 16.2 Å². The number of nitrogens with two attached hydrogens (primary N) is 1. The first-order chi connectivity index (χ1) is 6.15. The van der Waals surface area contributed by atoms with Crippen LogP contribution in [0.15, 0.2) is 18.2 Å². The van der Waals surface area contributed by atoms with E-state index in [4.69, 9.17) is 17.3 Å². The number of benzene rings is 1. The molecule has 0 saturated heterocycles. The molecule has 0 aromatic heterocycles. The van der Waals surface area contributed by atoms with Crippen LogP contribution in [0.5, 0.6) is 0 Å². The highest BCUT2D eigenvalue weighted by molar-refractivity contribution is 6.33. The molecule has 0 fully saturated rings. The molecule has 0 aliphatic heterocycles. The number of aliphatic hydroxyl groups excluding tert-OH is 1. The van der Waals surface area contributed by atoms with Gasteiger partial charge >= 0.3 is 0 Å². The summed E-state index contributed by atoms with van der Waals surface area (Å²) in [7, 11) is 1.78. The quantitative estimate of drug-likeness (QED) is 0.643.